The summed E-state index contributed by atoms with van der Waals surface area (Å²) >= 11 is 0. The number of nitrogens with one attached hydrogen (secondary N) is 1. The van der Waals surface area contributed by atoms with Crippen molar-refractivity contribution >= 4 is 16.9 Å². The van der Waals surface area contributed by atoms with E-state index < -0.39 is 5.63 Å². The van der Waals surface area contributed by atoms with Gasteiger partial charge in [0.15, 0.2) is 0 Å². The van der Waals surface area contributed by atoms with E-state index in [1.807, 2.05) is 18.2 Å². The first-order chi connectivity index (χ1) is 14.9. The minimum absolute atomic E-state index is 0.0673. The zero-order valence-electron chi connectivity index (χ0n) is 17.4. The number of likely N-dealkylation sites (tertiary alicyclic amines) is 1. The van der Waals surface area contributed by atoms with Gasteiger partial charge in [-0.3, -0.25) is 9.69 Å². The Balaban J connectivity index is 1.38. The van der Waals surface area contributed by atoms with Crippen molar-refractivity contribution in [3.8, 4) is 11.5 Å². The molecule has 162 valence electrons. The number of phenols is 2. The number of carbonyl (C=O) groups is 1. The molecule has 7 heteroatoms. The van der Waals surface area contributed by atoms with Crippen LogP contribution in [0.15, 0.2) is 51.7 Å². The number of phenolic OH excluding ortho intramolecular Hbond substituents is 2. The van der Waals surface area contributed by atoms with Crippen LogP contribution in [0.1, 0.15) is 29.5 Å². The van der Waals surface area contributed by atoms with E-state index in [2.05, 4.69) is 22.3 Å². The number of fused-ring (bicyclic) bond motifs is 1. The van der Waals surface area contributed by atoms with E-state index >= 15 is 0 Å². The number of carbonyl (C=O) groups excluding carboxylic acids is 1. The fraction of sp³-hybridized carbons (Fsp3) is 0.333. The Morgan fingerprint density at radius 2 is 1.87 bits per heavy atom. The van der Waals surface area contributed by atoms with Gasteiger partial charge in [-0.25, -0.2) is 4.79 Å². The topological polar surface area (TPSA) is 103 Å². The summed E-state index contributed by atoms with van der Waals surface area (Å²) < 4.78 is 5.23. The molecule has 3 aromatic rings. The molecule has 0 atom stereocenters. The number of piperidine rings is 1. The Hall–Kier alpha value is -3.32. The van der Waals surface area contributed by atoms with Crippen LogP contribution in [0.4, 0.5) is 0 Å². The molecule has 1 aliphatic heterocycles. The Labute approximate surface area is 179 Å². The maximum absolute atomic E-state index is 12.6. The van der Waals surface area contributed by atoms with Crippen molar-refractivity contribution in [3.63, 3.8) is 0 Å². The van der Waals surface area contributed by atoms with Gasteiger partial charge in [-0.15, -0.1) is 0 Å². The molecule has 1 aliphatic rings. The minimum atomic E-state index is -0.636. The predicted molar refractivity (Wildman–Crippen MR) is 117 cm³/mol. The van der Waals surface area contributed by atoms with Gasteiger partial charge in [-0.2, -0.15) is 0 Å². The lowest BCUT2D eigenvalue weighted by Gasteiger charge is -2.32. The van der Waals surface area contributed by atoms with Gasteiger partial charge in [0.05, 0.1) is 17.4 Å². The quantitative estimate of drug-likeness (QED) is 0.547. The van der Waals surface area contributed by atoms with Gasteiger partial charge >= 0.3 is 5.63 Å². The van der Waals surface area contributed by atoms with Crippen molar-refractivity contribution in [2.24, 2.45) is 0 Å². The molecule has 1 amide bonds. The highest BCUT2D eigenvalue weighted by Gasteiger charge is 2.23. The van der Waals surface area contributed by atoms with Crippen LogP contribution in [0.3, 0.4) is 0 Å². The van der Waals surface area contributed by atoms with Crippen LogP contribution in [0.25, 0.3) is 11.0 Å². The molecule has 1 fully saturated rings. The molecule has 31 heavy (non-hydrogen) atoms. The number of rotatable bonds is 5. The minimum Gasteiger partial charge on any atom is -0.508 e. The normalized spacial score (nSPS) is 15.3. The molecule has 0 unspecified atom stereocenters. The van der Waals surface area contributed by atoms with Crippen molar-refractivity contribution in [1.82, 2.24) is 10.2 Å². The molecular weight excluding hydrogens is 396 g/mol. The first kappa shape index (κ1) is 20.9. The number of nitrogens with zero attached hydrogens (tertiary/aromatic N) is 1. The largest absolute Gasteiger partial charge is 0.508 e. The summed E-state index contributed by atoms with van der Waals surface area (Å²) in [5.74, 6) is -0.630. The number of hydrogen-bond acceptors (Lipinski definition) is 6. The van der Waals surface area contributed by atoms with E-state index in [0.29, 0.717) is 10.9 Å². The van der Waals surface area contributed by atoms with Crippen LogP contribution in [0.2, 0.25) is 0 Å². The molecule has 0 bridgehead atoms. The number of aromatic hydroxyl groups is 2. The van der Waals surface area contributed by atoms with Crippen LogP contribution in [0.5, 0.6) is 11.5 Å². The van der Waals surface area contributed by atoms with E-state index in [0.717, 1.165) is 32.5 Å². The number of amides is 1. The third-order valence-corrected chi connectivity index (χ3v) is 5.88. The molecule has 4 rings (SSSR count). The van der Waals surface area contributed by atoms with Crippen molar-refractivity contribution in [3.05, 3.63) is 69.6 Å². The highest BCUT2D eigenvalue weighted by Crippen LogP contribution is 2.32. The zero-order chi connectivity index (χ0) is 22.0. The van der Waals surface area contributed by atoms with Crippen molar-refractivity contribution in [2.45, 2.75) is 38.8 Å². The molecule has 0 saturated carbocycles. The maximum Gasteiger partial charge on any atom is 0.340 e. The second-order valence-corrected chi connectivity index (χ2v) is 8.11. The summed E-state index contributed by atoms with van der Waals surface area (Å²) in [4.78, 5) is 27.4. The average molecular weight is 422 g/mol. The summed E-state index contributed by atoms with van der Waals surface area (Å²) in [6.07, 6.45) is 1.59. The van der Waals surface area contributed by atoms with Crippen molar-refractivity contribution in [1.29, 1.82) is 0 Å². The lowest BCUT2D eigenvalue weighted by molar-refractivity contribution is -0.121. The van der Waals surface area contributed by atoms with Gasteiger partial charge in [0.25, 0.3) is 0 Å². The fourth-order valence-electron chi connectivity index (χ4n) is 4.23. The number of hydrogen-bond donors (Lipinski definition) is 3. The molecule has 1 saturated heterocycles. The van der Waals surface area contributed by atoms with Gasteiger partial charge in [-0.1, -0.05) is 30.3 Å². The van der Waals surface area contributed by atoms with Crippen LogP contribution in [0, 0.1) is 6.92 Å². The Morgan fingerprint density at radius 3 is 2.58 bits per heavy atom. The molecule has 0 radical (unpaired) electrons. The standard InChI is InChI=1S/C24H26N2O5/c1-15-19(24(30)31-21-12-18(27)11-20(28)23(15)21)13-22(29)25-17-7-9-26(10-8-17)14-16-5-3-2-4-6-16/h2-6,11-12,17,27-28H,7-10,13-14H2,1H3,(H,25,29). The second-order valence-electron chi connectivity index (χ2n) is 8.11. The Bertz CT molecular complexity index is 1150. The third-order valence-electron chi connectivity index (χ3n) is 5.88. The summed E-state index contributed by atoms with van der Waals surface area (Å²) in [5, 5.41) is 23.1. The molecule has 2 heterocycles. The SMILES string of the molecule is Cc1c(CC(=O)NC2CCN(Cc3ccccc3)CC2)c(=O)oc2cc(O)cc(O)c12. The van der Waals surface area contributed by atoms with E-state index in [1.165, 1.54) is 17.7 Å². The number of benzene rings is 2. The first-order valence-electron chi connectivity index (χ1n) is 10.4. The second kappa shape index (κ2) is 8.81. The van der Waals surface area contributed by atoms with Gasteiger partial charge in [0, 0.05) is 37.8 Å². The third kappa shape index (κ3) is 4.72. The summed E-state index contributed by atoms with van der Waals surface area (Å²) in [6, 6.07) is 12.8. The lowest BCUT2D eigenvalue weighted by atomic mass is 10.0. The van der Waals surface area contributed by atoms with Crippen LogP contribution >= 0.6 is 0 Å². The highest BCUT2D eigenvalue weighted by molar-refractivity contribution is 5.90. The smallest absolute Gasteiger partial charge is 0.340 e. The predicted octanol–water partition coefficient (Wildman–Crippen LogP) is 2.84. The van der Waals surface area contributed by atoms with Gasteiger partial charge < -0.3 is 19.9 Å². The van der Waals surface area contributed by atoms with Gasteiger partial charge in [-0.05, 0) is 30.9 Å². The van der Waals surface area contributed by atoms with Crippen LogP contribution in [-0.2, 0) is 17.8 Å². The van der Waals surface area contributed by atoms with E-state index in [9.17, 15) is 19.8 Å². The summed E-state index contributed by atoms with van der Waals surface area (Å²) in [5.41, 5.74) is 1.43. The number of aryl methyl sites for hydroxylation is 1. The van der Waals surface area contributed by atoms with Crippen molar-refractivity contribution < 1.29 is 19.4 Å². The molecule has 0 spiro atoms. The molecule has 7 nitrogen and oxygen atoms in total. The van der Waals surface area contributed by atoms with Gasteiger partial charge in [0.2, 0.25) is 5.91 Å². The molecule has 3 N–H and O–H groups in total. The highest BCUT2D eigenvalue weighted by atomic mass is 16.4. The molecule has 1 aromatic heterocycles. The van der Waals surface area contributed by atoms with E-state index in [-0.39, 0.29) is 41.0 Å². The Morgan fingerprint density at radius 1 is 1.16 bits per heavy atom. The van der Waals surface area contributed by atoms with E-state index in [4.69, 9.17) is 4.42 Å². The van der Waals surface area contributed by atoms with E-state index in [1.54, 1.807) is 6.92 Å². The maximum atomic E-state index is 12.6. The molecular formula is C24H26N2O5. The Kier molecular flexibility index (Phi) is 5.95. The van der Waals surface area contributed by atoms with Crippen LogP contribution < -0.4 is 10.9 Å². The summed E-state index contributed by atoms with van der Waals surface area (Å²) in [6.45, 7) is 4.36. The first-order valence-corrected chi connectivity index (χ1v) is 10.4. The average Bonchev–Trinajstić information content (AvgIpc) is 2.72. The lowest BCUT2D eigenvalue weighted by Crippen LogP contribution is -2.45. The van der Waals surface area contributed by atoms with Crippen molar-refractivity contribution in [2.75, 3.05) is 13.1 Å². The monoisotopic (exact) mass is 422 g/mol. The summed E-state index contributed by atoms with van der Waals surface area (Å²) in [7, 11) is 0. The van der Waals surface area contributed by atoms with Gasteiger partial charge in [0.1, 0.15) is 17.1 Å². The molecule has 0 aliphatic carbocycles. The molecule has 2 aromatic carbocycles. The zero-order valence-corrected chi connectivity index (χ0v) is 17.4. The van der Waals surface area contributed by atoms with Crippen LogP contribution in [-0.4, -0.2) is 40.2 Å². The fourth-order valence-corrected chi connectivity index (χ4v) is 4.23.